The van der Waals surface area contributed by atoms with Gasteiger partial charge in [-0.25, -0.2) is 0 Å². The number of carbonyl (C=O) groups is 1. The molecule has 0 saturated heterocycles. The summed E-state index contributed by atoms with van der Waals surface area (Å²) in [4.78, 5) is 12.1. The summed E-state index contributed by atoms with van der Waals surface area (Å²) in [5.41, 5.74) is 0. The standard InChI is InChI=1S/C18H22O6/c1-5-6-7-14(19)24-16-13-10-11(21-2)8-9-12(13)15(20)17(22-3)18(16)23-4/h8-10,20H,5-7H2,1-4H3. The number of rotatable bonds is 7. The SMILES string of the molecule is CCCCC(=O)Oc1c(OC)c(OC)c(O)c2ccc(OC)cc12. The molecule has 0 fully saturated rings. The Labute approximate surface area is 140 Å². The van der Waals surface area contributed by atoms with E-state index in [0.29, 0.717) is 22.9 Å². The minimum atomic E-state index is -0.369. The van der Waals surface area contributed by atoms with Gasteiger partial charge in [0.2, 0.25) is 11.5 Å². The van der Waals surface area contributed by atoms with Crippen LogP contribution >= 0.6 is 0 Å². The number of phenols is 1. The van der Waals surface area contributed by atoms with E-state index in [2.05, 4.69) is 0 Å². The number of hydrogen-bond donors (Lipinski definition) is 1. The lowest BCUT2D eigenvalue weighted by Gasteiger charge is -2.17. The van der Waals surface area contributed by atoms with Gasteiger partial charge in [-0.3, -0.25) is 4.79 Å². The van der Waals surface area contributed by atoms with Crippen LogP contribution in [0.2, 0.25) is 0 Å². The van der Waals surface area contributed by atoms with Crippen LogP contribution in [0.25, 0.3) is 10.8 Å². The van der Waals surface area contributed by atoms with Gasteiger partial charge in [-0.1, -0.05) is 13.3 Å². The van der Waals surface area contributed by atoms with Gasteiger partial charge in [-0.05, 0) is 24.6 Å². The van der Waals surface area contributed by atoms with Gasteiger partial charge in [-0.2, -0.15) is 0 Å². The minimum absolute atomic E-state index is 0.0830. The molecule has 0 atom stereocenters. The van der Waals surface area contributed by atoms with E-state index in [-0.39, 0.29) is 29.0 Å². The number of aromatic hydroxyl groups is 1. The smallest absolute Gasteiger partial charge is 0.311 e. The first-order chi connectivity index (χ1) is 11.6. The number of benzene rings is 2. The molecule has 0 amide bonds. The molecule has 0 heterocycles. The Morgan fingerprint density at radius 3 is 2.29 bits per heavy atom. The fraction of sp³-hybridized carbons (Fsp3) is 0.389. The molecular formula is C18H22O6. The topological polar surface area (TPSA) is 74.2 Å². The zero-order chi connectivity index (χ0) is 17.7. The molecule has 24 heavy (non-hydrogen) atoms. The maximum atomic E-state index is 12.1. The number of phenolic OH excluding ortho intramolecular Hbond substituents is 1. The molecule has 6 nitrogen and oxygen atoms in total. The molecule has 6 heteroatoms. The summed E-state index contributed by atoms with van der Waals surface area (Å²) >= 11 is 0. The Morgan fingerprint density at radius 1 is 1.00 bits per heavy atom. The monoisotopic (exact) mass is 334 g/mol. The summed E-state index contributed by atoms with van der Waals surface area (Å²) in [5.74, 6) is 0.614. The number of esters is 1. The molecule has 2 rings (SSSR count). The van der Waals surface area contributed by atoms with Crippen LogP contribution in [0, 0.1) is 0 Å². The number of ether oxygens (including phenoxy) is 4. The molecule has 0 aliphatic rings. The van der Waals surface area contributed by atoms with Crippen LogP contribution in [0.15, 0.2) is 18.2 Å². The first-order valence-corrected chi connectivity index (χ1v) is 7.72. The van der Waals surface area contributed by atoms with E-state index < -0.39 is 0 Å². The van der Waals surface area contributed by atoms with Crippen molar-refractivity contribution in [3.05, 3.63) is 18.2 Å². The van der Waals surface area contributed by atoms with Gasteiger partial charge in [0.1, 0.15) is 5.75 Å². The van der Waals surface area contributed by atoms with Crippen LogP contribution in [-0.2, 0) is 4.79 Å². The van der Waals surface area contributed by atoms with Gasteiger partial charge in [0.25, 0.3) is 0 Å². The molecule has 1 N–H and O–H groups in total. The van der Waals surface area contributed by atoms with Crippen LogP contribution in [0.3, 0.4) is 0 Å². The molecule has 0 aliphatic heterocycles. The van der Waals surface area contributed by atoms with E-state index in [9.17, 15) is 9.90 Å². The van der Waals surface area contributed by atoms with Crippen LogP contribution in [0.5, 0.6) is 28.7 Å². The summed E-state index contributed by atoms with van der Waals surface area (Å²) in [6, 6.07) is 5.06. The van der Waals surface area contributed by atoms with Crippen LogP contribution in [-0.4, -0.2) is 32.4 Å². The number of unbranched alkanes of at least 4 members (excludes halogenated alkanes) is 1. The van der Waals surface area contributed by atoms with E-state index >= 15 is 0 Å². The fourth-order valence-corrected chi connectivity index (χ4v) is 2.46. The van der Waals surface area contributed by atoms with Crippen molar-refractivity contribution in [3.63, 3.8) is 0 Å². The quantitative estimate of drug-likeness (QED) is 0.615. The highest BCUT2D eigenvalue weighted by molar-refractivity contribution is 6.00. The number of carbonyl (C=O) groups excluding carboxylic acids is 1. The Kier molecular flexibility index (Phi) is 5.73. The molecule has 0 radical (unpaired) electrons. The number of hydrogen-bond acceptors (Lipinski definition) is 6. The lowest BCUT2D eigenvalue weighted by Crippen LogP contribution is -2.09. The predicted octanol–water partition coefficient (Wildman–Crippen LogP) is 3.67. The largest absolute Gasteiger partial charge is 0.504 e. The second kappa shape index (κ2) is 7.77. The van der Waals surface area contributed by atoms with Gasteiger partial charge in [-0.15, -0.1) is 0 Å². The molecule has 0 spiro atoms. The first kappa shape index (κ1) is 17.7. The van der Waals surface area contributed by atoms with Crippen molar-refractivity contribution >= 4 is 16.7 Å². The maximum Gasteiger partial charge on any atom is 0.311 e. The van der Waals surface area contributed by atoms with E-state index in [1.54, 1.807) is 18.2 Å². The number of fused-ring (bicyclic) bond motifs is 1. The molecule has 0 unspecified atom stereocenters. The Balaban J connectivity index is 2.67. The highest BCUT2D eigenvalue weighted by Gasteiger charge is 2.24. The summed E-state index contributed by atoms with van der Waals surface area (Å²) < 4.78 is 21.3. The van der Waals surface area contributed by atoms with Crippen LogP contribution in [0.4, 0.5) is 0 Å². The lowest BCUT2D eigenvalue weighted by atomic mass is 10.1. The highest BCUT2D eigenvalue weighted by atomic mass is 16.6. The third-order valence-corrected chi connectivity index (χ3v) is 3.71. The van der Waals surface area contributed by atoms with Gasteiger partial charge in [0.05, 0.1) is 21.3 Å². The van der Waals surface area contributed by atoms with Crippen LogP contribution < -0.4 is 18.9 Å². The maximum absolute atomic E-state index is 12.1. The van der Waals surface area contributed by atoms with Crippen LogP contribution in [0.1, 0.15) is 26.2 Å². The highest BCUT2D eigenvalue weighted by Crippen LogP contribution is 2.51. The molecule has 130 valence electrons. The molecular weight excluding hydrogens is 312 g/mol. The van der Waals surface area contributed by atoms with E-state index in [1.165, 1.54) is 21.3 Å². The zero-order valence-electron chi connectivity index (χ0n) is 14.3. The van der Waals surface area contributed by atoms with Gasteiger partial charge in [0.15, 0.2) is 11.5 Å². The van der Waals surface area contributed by atoms with E-state index in [1.807, 2.05) is 6.92 Å². The molecule has 0 saturated carbocycles. The molecule has 0 bridgehead atoms. The van der Waals surface area contributed by atoms with Crippen molar-refractivity contribution in [3.8, 4) is 28.7 Å². The van der Waals surface area contributed by atoms with E-state index in [4.69, 9.17) is 18.9 Å². The molecule has 0 aromatic heterocycles. The van der Waals surface area contributed by atoms with Crippen molar-refractivity contribution in [2.75, 3.05) is 21.3 Å². The molecule has 2 aromatic carbocycles. The molecule has 0 aliphatic carbocycles. The Hall–Kier alpha value is -2.63. The van der Waals surface area contributed by atoms with Crippen molar-refractivity contribution in [1.82, 2.24) is 0 Å². The third-order valence-electron chi connectivity index (χ3n) is 3.71. The zero-order valence-corrected chi connectivity index (χ0v) is 14.3. The summed E-state index contributed by atoms with van der Waals surface area (Å²) in [6.07, 6.45) is 1.92. The van der Waals surface area contributed by atoms with Crippen molar-refractivity contribution in [2.24, 2.45) is 0 Å². The van der Waals surface area contributed by atoms with Gasteiger partial charge >= 0.3 is 5.97 Å². The Morgan fingerprint density at radius 2 is 1.71 bits per heavy atom. The summed E-state index contributed by atoms with van der Waals surface area (Å²) in [5, 5.41) is 11.4. The average molecular weight is 334 g/mol. The minimum Gasteiger partial charge on any atom is -0.504 e. The second-order valence-electron chi connectivity index (χ2n) is 5.23. The number of methoxy groups -OCH3 is 3. The average Bonchev–Trinajstić information content (AvgIpc) is 2.61. The van der Waals surface area contributed by atoms with Crippen molar-refractivity contribution < 1.29 is 28.8 Å². The van der Waals surface area contributed by atoms with E-state index in [0.717, 1.165) is 12.8 Å². The normalized spacial score (nSPS) is 10.5. The fourth-order valence-electron chi connectivity index (χ4n) is 2.46. The summed E-state index contributed by atoms with van der Waals surface area (Å²) in [6.45, 7) is 2.00. The summed E-state index contributed by atoms with van der Waals surface area (Å²) in [7, 11) is 4.37. The third kappa shape index (κ3) is 3.32. The van der Waals surface area contributed by atoms with Crippen molar-refractivity contribution in [2.45, 2.75) is 26.2 Å². The van der Waals surface area contributed by atoms with Crippen molar-refractivity contribution in [1.29, 1.82) is 0 Å². The van der Waals surface area contributed by atoms with Gasteiger partial charge in [0, 0.05) is 17.2 Å². The predicted molar refractivity (Wildman–Crippen MR) is 90.4 cm³/mol. The first-order valence-electron chi connectivity index (χ1n) is 7.72. The Bertz CT molecular complexity index is 738. The second-order valence-corrected chi connectivity index (χ2v) is 5.23. The van der Waals surface area contributed by atoms with Gasteiger partial charge < -0.3 is 24.1 Å². The lowest BCUT2D eigenvalue weighted by molar-refractivity contribution is -0.134. The molecule has 2 aromatic rings.